The lowest BCUT2D eigenvalue weighted by atomic mass is 9.49. The topological polar surface area (TPSA) is 62.1 Å². The van der Waals surface area contributed by atoms with E-state index in [4.69, 9.17) is 28.0 Å². The number of hydrogen-bond donors (Lipinski definition) is 1. The average molecular weight is 407 g/mol. The van der Waals surface area contributed by atoms with Gasteiger partial charge in [-0.2, -0.15) is 5.26 Å². The van der Waals surface area contributed by atoms with E-state index >= 15 is 0 Å². The number of hydrogen-bond acceptors (Lipinski definition) is 3. The van der Waals surface area contributed by atoms with Gasteiger partial charge in [-0.1, -0.05) is 45.2 Å². The number of carbonyl (C=O) groups excluding carboxylic acids is 1. The summed E-state index contributed by atoms with van der Waals surface area (Å²) in [5.41, 5.74) is 1.10. The third kappa shape index (κ3) is 3.69. The van der Waals surface area contributed by atoms with Crippen molar-refractivity contribution >= 4 is 17.5 Å². The van der Waals surface area contributed by atoms with Gasteiger partial charge in [0.2, 0.25) is 0 Å². The third-order valence-corrected chi connectivity index (χ3v) is 6.06. The van der Waals surface area contributed by atoms with Gasteiger partial charge in [0, 0.05) is 34.1 Å². The molecular weight excluding hydrogens is 384 g/mol. The lowest BCUT2D eigenvalue weighted by Crippen LogP contribution is -2.74. The number of nitrogens with zero attached hydrogens (tertiary/aromatic N) is 1. The van der Waals surface area contributed by atoms with Gasteiger partial charge in [0.25, 0.3) is 5.91 Å². The molecule has 0 spiro atoms. The van der Waals surface area contributed by atoms with Gasteiger partial charge in [0.1, 0.15) is 17.9 Å². The normalized spacial score (nSPS) is 21.2. The summed E-state index contributed by atoms with van der Waals surface area (Å²) in [4.78, 5) is 12.8. The quantitative estimate of drug-likeness (QED) is 0.741. The number of rotatable bonds is 4. The molecule has 0 aliphatic heterocycles. The summed E-state index contributed by atoms with van der Waals surface area (Å²) >= 11 is 6.13. The van der Waals surface area contributed by atoms with Crippen LogP contribution in [0.5, 0.6) is 5.75 Å². The molecule has 1 aliphatic carbocycles. The molecule has 2 aromatic carbocycles. The minimum atomic E-state index is -0.307. The molecule has 0 heterocycles. The smallest absolute Gasteiger partial charge is 0.251 e. The zero-order valence-corrected chi connectivity index (χ0v) is 17.7. The molecule has 4 nitrogen and oxygen atoms in total. The van der Waals surface area contributed by atoms with Crippen LogP contribution in [0.1, 0.15) is 49.2 Å². The summed E-state index contributed by atoms with van der Waals surface area (Å²) in [6, 6.07) is 14.0. The summed E-state index contributed by atoms with van der Waals surface area (Å²) < 4.78 is 6.24. The van der Waals surface area contributed by atoms with E-state index in [-0.39, 0.29) is 28.9 Å². The van der Waals surface area contributed by atoms with E-state index in [1.807, 2.05) is 6.07 Å². The number of amides is 1. The molecule has 1 amide bonds. The molecule has 1 saturated carbocycles. The second kappa shape index (κ2) is 7.47. The van der Waals surface area contributed by atoms with Crippen molar-refractivity contribution in [1.29, 1.82) is 5.26 Å². The van der Waals surface area contributed by atoms with E-state index in [1.165, 1.54) is 0 Å². The van der Waals surface area contributed by atoms with Crippen LogP contribution in [0.4, 0.5) is 0 Å². The molecule has 1 fully saturated rings. The molecule has 0 atom stereocenters. The van der Waals surface area contributed by atoms with Gasteiger partial charge in [-0.3, -0.25) is 4.79 Å². The monoisotopic (exact) mass is 406 g/mol. The van der Waals surface area contributed by atoms with Gasteiger partial charge in [0.15, 0.2) is 0 Å². The van der Waals surface area contributed by atoms with Crippen molar-refractivity contribution in [2.75, 3.05) is 0 Å². The molecule has 0 aromatic heterocycles. The summed E-state index contributed by atoms with van der Waals surface area (Å²) in [5, 5.41) is 12.5. The molecule has 5 heteroatoms. The summed E-state index contributed by atoms with van der Waals surface area (Å²) in [7, 11) is 0. The zero-order valence-electron chi connectivity index (χ0n) is 16.9. The number of benzene rings is 2. The van der Waals surface area contributed by atoms with E-state index in [2.05, 4.69) is 38.9 Å². The largest absolute Gasteiger partial charge is 0.489 e. The molecule has 2 aromatic rings. The van der Waals surface area contributed by atoms with Crippen LogP contribution in [0.3, 0.4) is 0 Å². The van der Waals surface area contributed by atoms with Crippen LogP contribution in [0.2, 0.25) is 5.02 Å². The highest BCUT2D eigenvalue weighted by Crippen LogP contribution is 2.55. The van der Waals surface area contributed by atoms with Crippen molar-refractivity contribution in [3.05, 3.63) is 64.2 Å². The Morgan fingerprint density at radius 2 is 1.76 bits per heavy atom. The molecule has 1 N–H and O–H groups in total. The molecule has 0 unspecified atom stereocenters. The number of nitrogens with one attached hydrogen (secondary N) is 1. The van der Waals surface area contributed by atoms with Crippen LogP contribution in [0.25, 0.3) is 0 Å². The first-order chi connectivity index (χ1) is 13.6. The second-order valence-electron chi connectivity index (χ2n) is 8.52. The lowest BCUT2D eigenvalue weighted by molar-refractivity contribution is -0.164. The second-order valence-corrected chi connectivity index (χ2v) is 8.93. The van der Waals surface area contributed by atoms with E-state index < -0.39 is 0 Å². The number of terminal acetylenes is 1. The Kier molecular flexibility index (Phi) is 5.35. The first-order valence-corrected chi connectivity index (χ1v) is 9.73. The minimum Gasteiger partial charge on any atom is -0.489 e. The SMILES string of the molecule is C#Cc1ccc(C(=O)N[C@H]2C(C)(C)[C@H](Oc3ccc(C#N)c(Cl)c3)C2(C)C)cc1. The van der Waals surface area contributed by atoms with Crippen LogP contribution in [-0.2, 0) is 0 Å². The molecule has 1 aliphatic rings. The number of ether oxygens (including phenoxy) is 1. The Hall–Kier alpha value is -2.95. The fourth-order valence-corrected chi connectivity index (χ4v) is 4.74. The first kappa shape index (κ1) is 20.8. The van der Waals surface area contributed by atoms with Crippen molar-refractivity contribution < 1.29 is 9.53 Å². The van der Waals surface area contributed by atoms with Crippen molar-refractivity contribution in [2.24, 2.45) is 10.8 Å². The Morgan fingerprint density at radius 1 is 1.14 bits per heavy atom. The van der Waals surface area contributed by atoms with Crippen LogP contribution >= 0.6 is 11.6 Å². The van der Waals surface area contributed by atoms with Crippen LogP contribution in [-0.4, -0.2) is 18.1 Å². The standard InChI is InChI=1S/C24H23ClN2O2/c1-6-15-7-9-16(10-8-15)20(28)27-21-23(2,3)22(24(21,4)5)29-18-12-11-17(14-26)19(25)13-18/h1,7-13,21-22H,2-5H3,(H,27,28)/t21-,22-. The van der Waals surface area contributed by atoms with E-state index in [9.17, 15) is 4.79 Å². The molecule has 29 heavy (non-hydrogen) atoms. The van der Waals surface area contributed by atoms with Crippen molar-refractivity contribution in [2.45, 2.75) is 39.8 Å². The highest BCUT2D eigenvalue weighted by molar-refractivity contribution is 6.31. The molecular formula is C24H23ClN2O2. The van der Waals surface area contributed by atoms with Crippen molar-refractivity contribution in [3.8, 4) is 24.2 Å². The summed E-state index contributed by atoms with van der Waals surface area (Å²) in [6.07, 6.45) is 5.23. The Balaban J connectivity index is 1.75. The molecule has 148 valence electrons. The lowest BCUT2D eigenvalue weighted by Gasteiger charge is -2.63. The number of halogens is 1. The maximum Gasteiger partial charge on any atom is 0.251 e. The number of nitriles is 1. The van der Waals surface area contributed by atoms with Crippen LogP contribution in [0.15, 0.2) is 42.5 Å². The number of carbonyl (C=O) groups is 1. The van der Waals surface area contributed by atoms with Gasteiger partial charge >= 0.3 is 0 Å². The van der Waals surface area contributed by atoms with Gasteiger partial charge in [-0.05, 0) is 36.4 Å². The van der Waals surface area contributed by atoms with Crippen LogP contribution in [0, 0.1) is 34.5 Å². The molecule has 0 saturated heterocycles. The fraction of sp³-hybridized carbons (Fsp3) is 0.333. The van der Waals surface area contributed by atoms with Gasteiger partial charge in [-0.25, -0.2) is 0 Å². The van der Waals surface area contributed by atoms with Crippen molar-refractivity contribution in [3.63, 3.8) is 0 Å². The average Bonchev–Trinajstić information content (AvgIpc) is 2.69. The highest BCUT2D eigenvalue weighted by Gasteiger charge is 2.64. The Bertz CT molecular complexity index is 1010. The third-order valence-electron chi connectivity index (χ3n) is 5.74. The highest BCUT2D eigenvalue weighted by atomic mass is 35.5. The summed E-state index contributed by atoms with van der Waals surface area (Å²) in [5.74, 6) is 3.01. The fourth-order valence-electron chi connectivity index (χ4n) is 4.53. The first-order valence-electron chi connectivity index (χ1n) is 9.35. The van der Waals surface area contributed by atoms with Crippen molar-refractivity contribution in [1.82, 2.24) is 5.32 Å². The molecule has 3 rings (SSSR count). The maximum absolute atomic E-state index is 12.8. The summed E-state index contributed by atoms with van der Waals surface area (Å²) in [6.45, 7) is 8.28. The predicted octanol–water partition coefficient (Wildman–Crippen LogP) is 4.80. The minimum absolute atomic E-state index is 0.0892. The van der Waals surface area contributed by atoms with Gasteiger partial charge in [-0.15, -0.1) is 6.42 Å². The zero-order chi connectivity index (χ0) is 21.4. The van der Waals surface area contributed by atoms with E-state index in [0.29, 0.717) is 21.9 Å². The van der Waals surface area contributed by atoms with Gasteiger partial charge in [0.05, 0.1) is 10.6 Å². The van der Waals surface area contributed by atoms with E-state index in [0.717, 1.165) is 5.56 Å². The van der Waals surface area contributed by atoms with E-state index in [1.54, 1.807) is 42.5 Å². The Labute approximate surface area is 176 Å². The molecule has 0 radical (unpaired) electrons. The predicted molar refractivity (Wildman–Crippen MR) is 114 cm³/mol. The maximum atomic E-state index is 12.8. The van der Waals surface area contributed by atoms with Gasteiger partial charge < -0.3 is 10.1 Å². The molecule has 0 bridgehead atoms. The van der Waals surface area contributed by atoms with Crippen LogP contribution < -0.4 is 10.1 Å². The Morgan fingerprint density at radius 3 is 2.28 bits per heavy atom.